The monoisotopic (exact) mass is 293 g/mol. The molecule has 1 N–H and O–H groups in total. The Morgan fingerprint density at radius 2 is 1.90 bits per heavy atom. The minimum Gasteiger partial charge on any atom is -0.497 e. The molecule has 5 heteroatoms. The van der Waals surface area contributed by atoms with Crippen molar-refractivity contribution in [2.75, 3.05) is 20.3 Å². The number of Topliss-reactive ketones (excluding diaryl/α,β-unsaturated/α-hetero) is 1. The molecule has 0 aliphatic heterocycles. The van der Waals surface area contributed by atoms with E-state index in [1.165, 1.54) is 6.92 Å². The van der Waals surface area contributed by atoms with Gasteiger partial charge >= 0.3 is 5.97 Å². The van der Waals surface area contributed by atoms with Gasteiger partial charge in [-0.3, -0.25) is 9.59 Å². The largest absolute Gasteiger partial charge is 0.497 e. The maximum atomic E-state index is 11.5. The lowest BCUT2D eigenvalue weighted by Crippen LogP contribution is -2.38. The van der Waals surface area contributed by atoms with Crippen LogP contribution in [0.3, 0.4) is 0 Å². The van der Waals surface area contributed by atoms with Crippen LogP contribution in [-0.4, -0.2) is 38.1 Å². The zero-order valence-corrected chi connectivity index (χ0v) is 12.8. The number of ketones is 1. The molecule has 0 aromatic heterocycles. The van der Waals surface area contributed by atoms with Crippen molar-refractivity contribution in [3.05, 3.63) is 29.8 Å². The van der Waals surface area contributed by atoms with Crippen LogP contribution in [0, 0.1) is 0 Å². The highest BCUT2D eigenvalue weighted by molar-refractivity contribution is 5.86. The molecule has 1 unspecified atom stereocenters. The van der Waals surface area contributed by atoms with Gasteiger partial charge < -0.3 is 14.8 Å². The van der Waals surface area contributed by atoms with Crippen LogP contribution in [-0.2, 0) is 20.7 Å². The molecule has 0 heterocycles. The summed E-state index contributed by atoms with van der Waals surface area (Å²) in [5, 5.41) is 3.10. The Morgan fingerprint density at radius 1 is 1.24 bits per heavy atom. The zero-order valence-electron chi connectivity index (χ0n) is 12.8. The van der Waals surface area contributed by atoms with Gasteiger partial charge in [0.15, 0.2) is 0 Å². The van der Waals surface area contributed by atoms with Gasteiger partial charge in [0.1, 0.15) is 11.5 Å². The van der Waals surface area contributed by atoms with E-state index in [9.17, 15) is 9.59 Å². The number of hydrogen-bond acceptors (Lipinski definition) is 5. The molecule has 0 fully saturated rings. The predicted molar refractivity (Wildman–Crippen MR) is 80.4 cm³/mol. The van der Waals surface area contributed by atoms with Gasteiger partial charge in [-0.1, -0.05) is 12.1 Å². The van der Waals surface area contributed by atoms with E-state index in [2.05, 4.69) is 5.32 Å². The van der Waals surface area contributed by atoms with Crippen molar-refractivity contribution >= 4 is 11.8 Å². The fourth-order valence-electron chi connectivity index (χ4n) is 1.93. The van der Waals surface area contributed by atoms with Crippen LogP contribution in [0.4, 0.5) is 0 Å². The molecule has 0 spiro atoms. The van der Waals surface area contributed by atoms with E-state index in [1.54, 1.807) is 14.0 Å². The number of carbonyl (C=O) groups is 2. The average Bonchev–Trinajstić information content (AvgIpc) is 2.47. The Bertz CT molecular complexity index is 456. The Kier molecular flexibility index (Phi) is 7.46. The maximum absolute atomic E-state index is 11.5. The van der Waals surface area contributed by atoms with Crippen molar-refractivity contribution in [1.29, 1.82) is 0 Å². The summed E-state index contributed by atoms with van der Waals surface area (Å²) < 4.78 is 9.97. The number of methoxy groups -OCH3 is 1. The van der Waals surface area contributed by atoms with Crippen molar-refractivity contribution in [2.45, 2.75) is 32.7 Å². The second-order valence-corrected chi connectivity index (χ2v) is 4.72. The number of rotatable bonds is 9. The third-order valence-corrected chi connectivity index (χ3v) is 3.13. The summed E-state index contributed by atoms with van der Waals surface area (Å²) in [5.74, 6) is 0.406. The number of carbonyl (C=O) groups excluding carboxylic acids is 2. The molecule has 0 aliphatic rings. The Labute approximate surface area is 125 Å². The molecule has 116 valence electrons. The number of hydrogen-bond donors (Lipinski definition) is 1. The van der Waals surface area contributed by atoms with Crippen LogP contribution in [0.15, 0.2) is 24.3 Å². The van der Waals surface area contributed by atoms with Crippen molar-refractivity contribution in [3.8, 4) is 5.75 Å². The summed E-state index contributed by atoms with van der Waals surface area (Å²) >= 11 is 0. The van der Waals surface area contributed by atoms with E-state index in [0.29, 0.717) is 13.2 Å². The van der Waals surface area contributed by atoms with Crippen LogP contribution >= 0.6 is 0 Å². The molecule has 0 saturated carbocycles. The first-order valence-corrected chi connectivity index (χ1v) is 7.09. The minimum atomic E-state index is -0.484. The lowest BCUT2D eigenvalue weighted by Gasteiger charge is -2.15. The summed E-state index contributed by atoms with van der Waals surface area (Å²) in [6.45, 7) is 4.17. The summed E-state index contributed by atoms with van der Waals surface area (Å²) in [5.41, 5.74) is 1.14. The van der Waals surface area contributed by atoms with Gasteiger partial charge in [-0.25, -0.2) is 0 Å². The molecule has 1 rings (SSSR count). The fraction of sp³-hybridized carbons (Fsp3) is 0.500. The average molecular weight is 293 g/mol. The molecule has 0 amide bonds. The normalized spacial score (nSPS) is 11.8. The molecular weight excluding hydrogens is 270 g/mol. The summed E-state index contributed by atoms with van der Waals surface area (Å²) in [6, 6.07) is 7.28. The van der Waals surface area contributed by atoms with Crippen LogP contribution in [0.1, 0.15) is 25.8 Å². The van der Waals surface area contributed by atoms with Crippen LogP contribution in [0.5, 0.6) is 5.75 Å². The molecule has 0 bridgehead atoms. The van der Waals surface area contributed by atoms with E-state index < -0.39 is 6.04 Å². The highest BCUT2D eigenvalue weighted by Crippen LogP contribution is 2.11. The highest BCUT2D eigenvalue weighted by atomic mass is 16.5. The quantitative estimate of drug-likeness (QED) is 0.703. The van der Waals surface area contributed by atoms with Gasteiger partial charge in [-0.2, -0.15) is 0 Å². The van der Waals surface area contributed by atoms with Crippen molar-refractivity contribution < 1.29 is 19.1 Å². The smallest absolute Gasteiger partial charge is 0.307 e. The van der Waals surface area contributed by atoms with Gasteiger partial charge in [0.2, 0.25) is 0 Å². The van der Waals surface area contributed by atoms with Gasteiger partial charge in [-0.05, 0) is 44.5 Å². The summed E-state index contributed by atoms with van der Waals surface area (Å²) in [6.07, 6.45) is 0.850. The third-order valence-electron chi connectivity index (χ3n) is 3.13. The van der Waals surface area contributed by atoms with Gasteiger partial charge in [-0.15, -0.1) is 0 Å². The van der Waals surface area contributed by atoms with E-state index in [4.69, 9.17) is 9.47 Å². The van der Waals surface area contributed by atoms with E-state index in [-0.39, 0.29) is 18.2 Å². The molecule has 0 saturated heterocycles. The molecule has 1 aromatic carbocycles. The van der Waals surface area contributed by atoms with Gasteiger partial charge in [0, 0.05) is 0 Å². The van der Waals surface area contributed by atoms with Crippen molar-refractivity contribution in [2.24, 2.45) is 0 Å². The molecule has 1 atom stereocenters. The first-order chi connectivity index (χ1) is 10.1. The van der Waals surface area contributed by atoms with Gasteiger partial charge in [0.05, 0.1) is 26.2 Å². The number of esters is 1. The highest BCUT2D eigenvalue weighted by Gasteiger charge is 2.18. The minimum absolute atomic E-state index is 0.0576. The fourth-order valence-corrected chi connectivity index (χ4v) is 1.93. The Balaban J connectivity index is 2.42. The number of ether oxygens (including phenoxy) is 2. The topological polar surface area (TPSA) is 64.6 Å². The van der Waals surface area contributed by atoms with Crippen LogP contribution < -0.4 is 10.1 Å². The number of benzene rings is 1. The van der Waals surface area contributed by atoms with E-state index >= 15 is 0 Å². The SMILES string of the molecule is CCOC(=O)CC(NCCc1ccc(OC)cc1)C(C)=O. The Hall–Kier alpha value is -1.88. The summed E-state index contributed by atoms with van der Waals surface area (Å²) in [4.78, 5) is 23.0. The predicted octanol–water partition coefficient (Wildman–Crippen LogP) is 1.74. The lowest BCUT2D eigenvalue weighted by molar-refractivity contribution is -0.145. The standard InChI is InChI=1S/C16H23NO4/c1-4-21-16(19)11-15(12(2)18)17-10-9-13-5-7-14(20-3)8-6-13/h5-8,15,17H,4,9-11H2,1-3H3. The third kappa shape index (κ3) is 6.40. The summed E-state index contributed by atoms with van der Waals surface area (Å²) in [7, 11) is 1.63. The molecule has 1 aromatic rings. The van der Waals surface area contributed by atoms with Crippen LogP contribution in [0.2, 0.25) is 0 Å². The van der Waals surface area contributed by atoms with Crippen molar-refractivity contribution in [3.63, 3.8) is 0 Å². The number of nitrogens with one attached hydrogen (secondary N) is 1. The van der Waals surface area contributed by atoms with Crippen LogP contribution in [0.25, 0.3) is 0 Å². The molecule has 0 aliphatic carbocycles. The lowest BCUT2D eigenvalue weighted by atomic mass is 10.1. The molecule has 21 heavy (non-hydrogen) atoms. The molecule has 5 nitrogen and oxygen atoms in total. The second-order valence-electron chi connectivity index (χ2n) is 4.72. The van der Waals surface area contributed by atoms with E-state index in [1.807, 2.05) is 24.3 Å². The van der Waals surface area contributed by atoms with E-state index in [0.717, 1.165) is 17.7 Å². The first kappa shape index (κ1) is 17.2. The maximum Gasteiger partial charge on any atom is 0.307 e. The first-order valence-electron chi connectivity index (χ1n) is 7.09. The zero-order chi connectivity index (χ0) is 15.7. The van der Waals surface area contributed by atoms with Crippen molar-refractivity contribution in [1.82, 2.24) is 5.32 Å². The second kappa shape index (κ2) is 9.13. The molecule has 0 radical (unpaired) electrons. The van der Waals surface area contributed by atoms with Gasteiger partial charge in [0.25, 0.3) is 0 Å². The molecular formula is C16H23NO4. The Morgan fingerprint density at radius 3 is 2.43 bits per heavy atom.